The van der Waals surface area contributed by atoms with Crippen molar-refractivity contribution in [2.24, 2.45) is 0 Å². The monoisotopic (exact) mass is 781 g/mol. The molecule has 0 aliphatic heterocycles. The summed E-state index contributed by atoms with van der Waals surface area (Å²) in [6.45, 7) is 6.40. The molecule has 0 spiro atoms. The number of carbonyl (C=O) groups excluding carboxylic acids is 3. The lowest BCUT2D eigenvalue weighted by Crippen LogP contribution is -2.30. The minimum absolute atomic E-state index is 0.0944. The largest absolute Gasteiger partial charge is 0.462 e. The van der Waals surface area contributed by atoms with Crippen LogP contribution >= 0.6 is 0 Å². The Kier molecular flexibility index (Phi) is 42.1. The van der Waals surface area contributed by atoms with Crippen LogP contribution in [0.15, 0.2) is 72.9 Å². The maximum atomic E-state index is 12.7. The summed E-state index contributed by atoms with van der Waals surface area (Å²) in [7, 11) is 0. The molecule has 1 atom stereocenters. The Bertz CT molecular complexity index is 1080. The number of rotatable bonds is 40. The van der Waals surface area contributed by atoms with E-state index in [9.17, 15) is 14.4 Å². The molecule has 0 saturated carbocycles. The fourth-order valence-electron chi connectivity index (χ4n) is 5.99. The van der Waals surface area contributed by atoms with E-state index in [4.69, 9.17) is 14.2 Å². The molecule has 0 saturated heterocycles. The molecule has 0 aliphatic rings. The van der Waals surface area contributed by atoms with Gasteiger partial charge in [-0.2, -0.15) is 0 Å². The highest BCUT2D eigenvalue weighted by Crippen LogP contribution is 2.13. The maximum absolute atomic E-state index is 12.7. The van der Waals surface area contributed by atoms with Crippen LogP contribution in [0.5, 0.6) is 0 Å². The van der Waals surface area contributed by atoms with Gasteiger partial charge in [0.05, 0.1) is 0 Å². The minimum atomic E-state index is -0.795. The molecule has 0 radical (unpaired) electrons. The topological polar surface area (TPSA) is 78.9 Å². The van der Waals surface area contributed by atoms with Gasteiger partial charge in [0.2, 0.25) is 0 Å². The first-order valence-electron chi connectivity index (χ1n) is 22.9. The van der Waals surface area contributed by atoms with Crippen LogP contribution in [0.1, 0.15) is 207 Å². The van der Waals surface area contributed by atoms with Crippen molar-refractivity contribution in [3.63, 3.8) is 0 Å². The molecule has 0 amide bonds. The third-order valence-electron chi connectivity index (χ3n) is 9.45. The average molecular weight is 781 g/mol. The van der Waals surface area contributed by atoms with Gasteiger partial charge in [-0.1, -0.05) is 171 Å². The lowest BCUT2D eigenvalue weighted by Gasteiger charge is -2.18. The first-order valence-corrected chi connectivity index (χ1v) is 22.9. The zero-order valence-electron chi connectivity index (χ0n) is 36.4. The van der Waals surface area contributed by atoms with E-state index in [0.29, 0.717) is 19.3 Å². The quantitative estimate of drug-likeness (QED) is 0.0267. The molecule has 0 rings (SSSR count). The van der Waals surface area contributed by atoms with E-state index in [-0.39, 0.29) is 31.1 Å². The highest BCUT2D eigenvalue weighted by atomic mass is 16.6. The molecule has 1 unspecified atom stereocenters. The molecular formula is C50H84O6. The van der Waals surface area contributed by atoms with Gasteiger partial charge in [0.15, 0.2) is 6.10 Å². The van der Waals surface area contributed by atoms with Gasteiger partial charge in [-0.05, 0) is 89.9 Å². The molecule has 6 nitrogen and oxygen atoms in total. The molecule has 0 heterocycles. The zero-order chi connectivity index (χ0) is 40.8. The van der Waals surface area contributed by atoms with Crippen LogP contribution in [0.2, 0.25) is 0 Å². The Hall–Kier alpha value is -3.15. The van der Waals surface area contributed by atoms with Gasteiger partial charge in [0, 0.05) is 19.3 Å². The Morgan fingerprint density at radius 1 is 0.375 bits per heavy atom. The predicted molar refractivity (Wildman–Crippen MR) is 238 cm³/mol. The van der Waals surface area contributed by atoms with Crippen LogP contribution < -0.4 is 0 Å². The molecule has 0 aromatic carbocycles. The zero-order valence-corrected chi connectivity index (χ0v) is 36.4. The van der Waals surface area contributed by atoms with Gasteiger partial charge < -0.3 is 14.2 Å². The lowest BCUT2D eigenvalue weighted by atomic mass is 10.1. The van der Waals surface area contributed by atoms with Crippen LogP contribution in [0.3, 0.4) is 0 Å². The van der Waals surface area contributed by atoms with Crippen LogP contribution in [0.4, 0.5) is 0 Å². The Balaban J connectivity index is 4.44. The number of hydrogen-bond donors (Lipinski definition) is 0. The van der Waals surface area contributed by atoms with Crippen molar-refractivity contribution in [1.82, 2.24) is 0 Å². The van der Waals surface area contributed by atoms with E-state index in [2.05, 4.69) is 93.7 Å². The molecule has 0 aromatic rings. The van der Waals surface area contributed by atoms with Gasteiger partial charge in [-0.15, -0.1) is 0 Å². The first kappa shape index (κ1) is 52.9. The van der Waals surface area contributed by atoms with E-state index in [1.165, 1.54) is 57.8 Å². The van der Waals surface area contributed by atoms with Crippen molar-refractivity contribution >= 4 is 17.9 Å². The van der Waals surface area contributed by atoms with Crippen LogP contribution in [-0.4, -0.2) is 37.2 Å². The third kappa shape index (κ3) is 42.0. The van der Waals surface area contributed by atoms with Crippen molar-refractivity contribution in [2.75, 3.05) is 13.2 Å². The van der Waals surface area contributed by atoms with Gasteiger partial charge in [0.25, 0.3) is 0 Å². The van der Waals surface area contributed by atoms with Gasteiger partial charge in [-0.3, -0.25) is 14.4 Å². The summed E-state index contributed by atoms with van der Waals surface area (Å²) in [5, 5.41) is 0. The molecule has 56 heavy (non-hydrogen) atoms. The molecule has 0 bridgehead atoms. The second-order valence-corrected chi connectivity index (χ2v) is 14.9. The van der Waals surface area contributed by atoms with Crippen molar-refractivity contribution in [2.45, 2.75) is 213 Å². The molecule has 0 aliphatic carbocycles. The lowest BCUT2D eigenvalue weighted by molar-refractivity contribution is -0.167. The standard InChI is InChI=1S/C50H84O6/c1-4-7-10-13-16-19-21-23-25-27-29-31-34-37-40-43-49(52)55-46-47(45-54-48(51)42-39-36-33-18-15-12-9-6-3)56-50(53)44-41-38-35-32-30-28-26-24-22-20-17-14-11-8-5-2/h7,10,16-17,19-20,23-26,29,31,47H,4-6,8-9,11-15,18,21-22,27-28,30,32-46H2,1-3H3/b10-7-,19-16-,20-17-,25-23-,26-24-,31-29-. The third-order valence-corrected chi connectivity index (χ3v) is 9.45. The van der Waals surface area contributed by atoms with Crippen LogP contribution in [-0.2, 0) is 28.6 Å². The summed E-state index contributed by atoms with van der Waals surface area (Å²) in [5.74, 6) is -0.961. The van der Waals surface area contributed by atoms with Crippen LogP contribution in [0, 0.1) is 0 Å². The Morgan fingerprint density at radius 2 is 0.696 bits per heavy atom. The van der Waals surface area contributed by atoms with Gasteiger partial charge >= 0.3 is 17.9 Å². The molecule has 0 fully saturated rings. The molecule has 0 N–H and O–H groups in total. The molecule has 6 heteroatoms. The molecular weight excluding hydrogens is 697 g/mol. The average Bonchev–Trinajstić information content (AvgIpc) is 3.19. The van der Waals surface area contributed by atoms with E-state index >= 15 is 0 Å². The van der Waals surface area contributed by atoms with E-state index in [1.54, 1.807) is 0 Å². The number of esters is 3. The van der Waals surface area contributed by atoms with Crippen molar-refractivity contribution < 1.29 is 28.6 Å². The van der Waals surface area contributed by atoms with Crippen molar-refractivity contribution in [3.8, 4) is 0 Å². The summed E-state index contributed by atoms with van der Waals surface area (Å²) >= 11 is 0. The van der Waals surface area contributed by atoms with E-state index in [0.717, 1.165) is 109 Å². The molecule has 0 aromatic heterocycles. The summed E-state index contributed by atoms with van der Waals surface area (Å²) in [6, 6.07) is 0. The fourth-order valence-corrected chi connectivity index (χ4v) is 5.99. The highest BCUT2D eigenvalue weighted by molar-refractivity contribution is 5.71. The minimum Gasteiger partial charge on any atom is -0.462 e. The normalized spacial score (nSPS) is 12.7. The number of unbranched alkanes of at least 4 members (excludes halogenated alkanes) is 17. The SMILES string of the molecule is CC/C=C\C/C=C\C/C=C\C/C=C\CCCCC(=O)OCC(COC(=O)CCCCCCCCCC)OC(=O)CCCCCCC/C=C\C/C=C\CCCCC. The summed E-state index contributed by atoms with van der Waals surface area (Å²) < 4.78 is 16.6. The van der Waals surface area contributed by atoms with Crippen LogP contribution in [0.25, 0.3) is 0 Å². The number of hydrogen-bond acceptors (Lipinski definition) is 6. The summed E-state index contributed by atoms with van der Waals surface area (Å²) in [6.07, 6.45) is 54.6. The second kappa shape index (κ2) is 44.6. The van der Waals surface area contributed by atoms with Gasteiger partial charge in [-0.25, -0.2) is 0 Å². The van der Waals surface area contributed by atoms with Crippen molar-refractivity contribution in [3.05, 3.63) is 72.9 Å². The van der Waals surface area contributed by atoms with Crippen molar-refractivity contribution in [1.29, 1.82) is 0 Å². The maximum Gasteiger partial charge on any atom is 0.306 e. The number of carbonyl (C=O) groups is 3. The predicted octanol–water partition coefficient (Wildman–Crippen LogP) is 14.7. The van der Waals surface area contributed by atoms with Gasteiger partial charge in [0.1, 0.15) is 13.2 Å². The summed E-state index contributed by atoms with van der Waals surface area (Å²) in [5.41, 5.74) is 0. The summed E-state index contributed by atoms with van der Waals surface area (Å²) in [4.78, 5) is 37.7. The number of allylic oxidation sites excluding steroid dienone is 12. The number of ether oxygens (including phenoxy) is 3. The highest BCUT2D eigenvalue weighted by Gasteiger charge is 2.19. The van der Waals surface area contributed by atoms with E-state index in [1.807, 2.05) is 0 Å². The molecule has 320 valence electrons. The smallest absolute Gasteiger partial charge is 0.306 e. The Morgan fingerprint density at radius 3 is 1.16 bits per heavy atom. The fraction of sp³-hybridized carbons (Fsp3) is 0.700. The Labute approximate surface area is 344 Å². The van der Waals surface area contributed by atoms with E-state index < -0.39 is 6.10 Å². The first-order chi connectivity index (χ1) is 27.5. The second-order valence-electron chi connectivity index (χ2n) is 14.9.